The standard InChI is InChI=1S/C18H22FN3O2/c1-23-15-11-14(12-16(13-15)24-2)21-7-4-8-22(10-9-21)18-6-3-5-17(19)20-18/h3,5-6,11-13H,4,7-10H2,1-2H3. The highest BCUT2D eigenvalue weighted by Crippen LogP contribution is 2.29. The summed E-state index contributed by atoms with van der Waals surface area (Å²) in [5.74, 6) is 1.81. The molecule has 0 amide bonds. The van der Waals surface area contributed by atoms with E-state index in [1.165, 1.54) is 6.07 Å². The molecule has 1 saturated heterocycles. The van der Waals surface area contributed by atoms with Crippen molar-refractivity contribution in [3.8, 4) is 11.5 Å². The highest BCUT2D eigenvalue weighted by atomic mass is 19.1. The van der Waals surface area contributed by atoms with E-state index in [0.29, 0.717) is 5.82 Å². The van der Waals surface area contributed by atoms with E-state index in [1.54, 1.807) is 20.3 Å². The topological polar surface area (TPSA) is 37.8 Å². The molecule has 24 heavy (non-hydrogen) atoms. The molecule has 2 heterocycles. The number of pyridine rings is 1. The zero-order chi connectivity index (χ0) is 16.9. The van der Waals surface area contributed by atoms with Crippen LogP contribution in [0.5, 0.6) is 11.5 Å². The van der Waals surface area contributed by atoms with Gasteiger partial charge in [0.15, 0.2) is 0 Å². The van der Waals surface area contributed by atoms with Gasteiger partial charge in [-0.3, -0.25) is 0 Å². The fraction of sp³-hybridized carbons (Fsp3) is 0.389. The molecule has 1 fully saturated rings. The fourth-order valence-electron chi connectivity index (χ4n) is 2.95. The van der Waals surface area contributed by atoms with E-state index in [2.05, 4.69) is 14.8 Å². The summed E-state index contributed by atoms with van der Waals surface area (Å²) in [7, 11) is 3.30. The lowest BCUT2D eigenvalue weighted by Crippen LogP contribution is -2.31. The maximum absolute atomic E-state index is 13.4. The highest BCUT2D eigenvalue weighted by Gasteiger charge is 2.18. The van der Waals surface area contributed by atoms with E-state index >= 15 is 0 Å². The Balaban J connectivity index is 1.76. The summed E-state index contributed by atoms with van der Waals surface area (Å²) in [6.45, 7) is 3.39. The van der Waals surface area contributed by atoms with Crippen molar-refractivity contribution in [2.75, 3.05) is 50.2 Å². The number of halogens is 1. The molecule has 128 valence electrons. The molecule has 5 nitrogen and oxygen atoms in total. The number of hydrogen-bond acceptors (Lipinski definition) is 5. The van der Waals surface area contributed by atoms with Crippen LogP contribution in [0.15, 0.2) is 36.4 Å². The minimum Gasteiger partial charge on any atom is -0.497 e. The maximum atomic E-state index is 13.4. The molecule has 0 atom stereocenters. The maximum Gasteiger partial charge on any atom is 0.214 e. The van der Waals surface area contributed by atoms with Gasteiger partial charge in [0.1, 0.15) is 17.3 Å². The number of aromatic nitrogens is 1. The number of hydrogen-bond donors (Lipinski definition) is 0. The van der Waals surface area contributed by atoms with Gasteiger partial charge >= 0.3 is 0 Å². The van der Waals surface area contributed by atoms with Crippen LogP contribution >= 0.6 is 0 Å². The molecule has 2 aromatic rings. The highest BCUT2D eigenvalue weighted by molar-refractivity contribution is 5.56. The molecule has 1 aromatic carbocycles. The van der Waals surface area contributed by atoms with Gasteiger partial charge in [0.2, 0.25) is 5.95 Å². The van der Waals surface area contributed by atoms with Gasteiger partial charge in [-0.05, 0) is 18.6 Å². The molecule has 0 bridgehead atoms. The Bertz CT molecular complexity index is 673. The molecule has 1 aliphatic rings. The molecule has 0 N–H and O–H groups in total. The van der Waals surface area contributed by atoms with Crippen molar-refractivity contribution in [2.24, 2.45) is 0 Å². The van der Waals surface area contributed by atoms with Gasteiger partial charge in [0.25, 0.3) is 0 Å². The minimum absolute atomic E-state index is 0.439. The average molecular weight is 331 g/mol. The van der Waals surface area contributed by atoms with Crippen molar-refractivity contribution >= 4 is 11.5 Å². The van der Waals surface area contributed by atoms with Crippen LogP contribution < -0.4 is 19.3 Å². The molecule has 0 aliphatic carbocycles. The SMILES string of the molecule is COc1cc(OC)cc(N2CCCN(c3cccc(F)n3)CC2)c1. The number of nitrogens with zero attached hydrogens (tertiary/aromatic N) is 3. The molecule has 1 aliphatic heterocycles. The Labute approximate surface area is 141 Å². The van der Waals surface area contributed by atoms with E-state index in [-0.39, 0.29) is 0 Å². The third-order valence-electron chi connectivity index (χ3n) is 4.22. The monoisotopic (exact) mass is 331 g/mol. The Hall–Kier alpha value is -2.50. The van der Waals surface area contributed by atoms with Crippen LogP contribution in [0.3, 0.4) is 0 Å². The lowest BCUT2D eigenvalue weighted by atomic mass is 10.2. The average Bonchev–Trinajstić information content (AvgIpc) is 2.87. The van der Waals surface area contributed by atoms with Crippen LogP contribution in [0.1, 0.15) is 6.42 Å². The molecule has 6 heteroatoms. The van der Waals surface area contributed by atoms with Crippen LogP contribution in [0.4, 0.5) is 15.9 Å². The Kier molecular flexibility index (Phi) is 5.03. The van der Waals surface area contributed by atoms with Gasteiger partial charge in [-0.2, -0.15) is 4.39 Å². The van der Waals surface area contributed by atoms with Crippen molar-refractivity contribution in [1.82, 2.24) is 4.98 Å². The normalized spacial score (nSPS) is 15.1. The number of ether oxygens (including phenoxy) is 2. The predicted molar refractivity (Wildman–Crippen MR) is 92.8 cm³/mol. The zero-order valence-corrected chi connectivity index (χ0v) is 14.0. The van der Waals surface area contributed by atoms with Gasteiger partial charge in [-0.15, -0.1) is 0 Å². The molecular formula is C18H22FN3O2. The van der Waals surface area contributed by atoms with Gasteiger partial charge in [0.05, 0.1) is 14.2 Å². The lowest BCUT2D eigenvalue weighted by molar-refractivity contribution is 0.394. The summed E-state index contributed by atoms with van der Waals surface area (Å²) < 4.78 is 24.1. The third kappa shape index (κ3) is 3.69. The first kappa shape index (κ1) is 16.4. The summed E-state index contributed by atoms with van der Waals surface area (Å²) in [5, 5.41) is 0. The summed E-state index contributed by atoms with van der Waals surface area (Å²) in [6.07, 6.45) is 0.970. The Morgan fingerprint density at radius 2 is 1.58 bits per heavy atom. The third-order valence-corrected chi connectivity index (χ3v) is 4.22. The van der Waals surface area contributed by atoms with Crippen LogP contribution in [0, 0.1) is 5.95 Å². The van der Waals surface area contributed by atoms with E-state index in [1.807, 2.05) is 24.3 Å². The van der Waals surface area contributed by atoms with Gasteiger partial charge < -0.3 is 19.3 Å². The molecular weight excluding hydrogens is 309 g/mol. The van der Waals surface area contributed by atoms with E-state index in [4.69, 9.17) is 9.47 Å². The number of rotatable bonds is 4. The van der Waals surface area contributed by atoms with Crippen LogP contribution in [0.2, 0.25) is 0 Å². The van der Waals surface area contributed by atoms with Gasteiger partial charge in [-0.25, -0.2) is 4.98 Å². The number of benzene rings is 1. The van der Waals surface area contributed by atoms with Crippen molar-refractivity contribution in [3.05, 3.63) is 42.3 Å². The molecule has 0 spiro atoms. The van der Waals surface area contributed by atoms with Crippen LogP contribution in [-0.4, -0.2) is 45.4 Å². The quantitative estimate of drug-likeness (QED) is 0.805. The Morgan fingerprint density at radius 1 is 0.917 bits per heavy atom. The van der Waals surface area contributed by atoms with Crippen molar-refractivity contribution in [2.45, 2.75) is 6.42 Å². The molecule has 1 aromatic heterocycles. The first-order valence-corrected chi connectivity index (χ1v) is 8.05. The molecule has 0 unspecified atom stereocenters. The van der Waals surface area contributed by atoms with Gasteiger partial charge in [0, 0.05) is 50.1 Å². The van der Waals surface area contributed by atoms with E-state index in [0.717, 1.165) is 49.8 Å². The first-order valence-electron chi connectivity index (χ1n) is 8.05. The number of anilines is 2. The van der Waals surface area contributed by atoms with E-state index in [9.17, 15) is 4.39 Å². The van der Waals surface area contributed by atoms with Crippen molar-refractivity contribution in [3.63, 3.8) is 0 Å². The smallest absolute Gasteiger partial charge is 0.214 e. The van der Waals surface area contributed by atoms with E-state index < -0.39 is 5.95 Å². The van der Waals surface area contributed by atoms with Crippen LogP contribution in [-0.2, 0) is 0 Å². The predicted octanol–water partition coefficient (Wildman–Crippen LogP) is 2.95. The second kappa shape index (κ2) is 7.38. The summed E-state index contributed by atoms with van der Waals surface area (Å²) in [5.41, 5.74) is 1.07. The van der Waals surface area contributed by atoms with Gasteiger partial charge in [-0.1, -0.05) is 6.07 Å². The minimum atomic E-state index is -0.439. The lowest BCUT2D eigenvalue weighted by Gasteiger charge is -2.25. The van der Waals surface area contributed by atoms with Crippen molar-refractivity contribution < 1.29 is 13.9 Å². The second-order valence-electron chi connectivity index (χ2n) is 5.72. The second-order valence-corrected chi connectivity index (χ2v) is 5.72. The van der Waals surface area contributed by atoms with Crippen LogP contribution in [0.25, 0.3) is 0 Å². The molecule has 0 radical (unpaired) electrons. The number of methoxy groups -OCH3 is 2. The Morgan fingerprint density at radius 3 is 2.25 bits per heavy atom. The zero-order valence-electron chi connectivity index (χ0n) is 14.0. The largest absolute Gasteiger partial charge is 0.497 e. The summed E-state index contributed by atoms with van der Waals surface area (Å²) >= 11 is 0. The first-order chi connectivity index (χ1) is 11.7. The van der Waals surface area contributed by atoms with Crippen molar-refractivity contribution in [1.29, 1.82) is 0 Å². The summed E-state index contributed by atoms with van der Waals surface area (Å²) in [4.78, 5) is 8.41. The summed E-state index contributed by atoms with van der Waals surface area (Å²) in [6, 6.07) is 10.8. The fourth-order valence-corrected chi connectivity index (χ4v) is 2.95. The molecule has 0 saturated carbocycles. The molecule has 3 rings (SSSR count).